The molecule has 0 aliphatic heterocycles. The summed E-state index contributed by atoms with van der Waals surface area (Å²) in [6.07, 6.45) is 1.06. The minimum Gasteiger partial charge on any atom is -0.391 e. The van der Waals surface area contributed by atoms with Crippen molar-refractivity contribution in [3.63, 3.8) is 0 Å². The van der Waals surface area contributed by atoms with Crippen molar-refractivity contribution in [2.24, 2.45) is 0 Å². The Hall–Kier alpha value is -1.16. The zero-order valence-electron chi connectivity index (χ0n) is 7.50. The van der Waals surface area contributed by atoms with Crippen molar-refractivity contribution in [2.45, 2.75) is 25.0 Å². The number of nitrogens with one attached hydrogen (secondary N) is 1. The van der Waals surface area contributed by atoms with Crippen LogP contribution in [0.3, 0.4) is 0 Å². The van der Waals surface area contributed by atoms with Crippen molar-refractivity contribution in [1.82, 2.24) is 0 Å². The van der Waals surface area contributed by atoms with E-state index in [9.17, 15) is 13.9 Å². The molecule has 2 rings (SSSR count). The van der Waals surface area contributed by atoms with Crippen LogP contribution < -0.4 is 5.32 Å². The Balaban J connectivity index is 2.12. The van der Waals surface area contributed by atoms with Crippen LogP contribution in [0.5, 0.6) is 0 Å². The zero-order valence-corrected chi connectivity index (χ0v) is 7.50. The van der Waals surface area contributed by atoms with Gasteiger partial charge in [0.1, 0.15) is 0 Å². The monoisotopic (exact) mass is 199 g/mol. The molecule has 0 spiro atoms. The predicted molar refractivity (Wildman–Crippen MR) is 49.0 cm³/mol. The second kappa shape index (κ2) is 3.53. The molecule has 0 saturated heterocycles. The van der Waals surface area contributed by atoms with Crippen LogP contribution in [0, 0.1) is 11.6 Å². The molecular formula is C10H11F2NO. The van der Waals surface area contributed by atoms with Crippen molar-refractivity contribution >= 4 is 5.69 Å². The second-order valence-electron chi connectivity index (χ2n) is 3.50. The largest absolute Gasteiger partial charge is 0.391 e. The second-order valence-corrected chi connectivity index (χ2v) is 3.50. The van der Waals surface area contributed by atoms with Crippen molar-refractivity contribution in [3.8, 4) is 0 Å². The Kier molecular flexibility index (Phi) is 2.37. The molecule has 1 saturated carbocycles. The Morgan fingerprint density at radius 2 is 2.07 bits per heavy atom. The molecule has 1 aromatic rings. The van der Waals surface area contributed by atoms with E-state index in [2.05, 4.69) is 5.32 Å². The maximum atomic E-state index is 13.1. The van der Waals surface area contributed by atoms with E-state index in [1.165, 1.54) is 12.1 Å². The number of halogens is 2. The number of rotatable bonds is 2. The highest BCUT2D eigenvalue weighted by Crippen LogP contribution is 2.26. The highest BCUT2D eigenvalue weighted by molar-refractivity contribution is 5.46. The lowest BCUT2D eigenvalue weighted by atomic mass is 9.89. The van der Waals surface area contributed by atoms with Crippen molar-refractivity contribution < 1.29 is 13.9 Å². The van der Waals surface area contributed by atoms with Gasteiger partial charge in [-0.25, -0.2) is 8.78 Å². The van der Waals surface area contributed by atoms with Gasteiger partial charge in [-0.15, -0.1) is 0 Å². The van der Waals surface area contributed by atoms with Gasteiger partial charge < -0.3 is 10.4 Å². The third-order valence-corrected chi connectivity index (χ3v) is 2.53. The molecule has 1 aliphatic carbocycles. The SMILES string of the molecule is O[C@@H]1CC[C@H]1Nc1cccc(F)c1F. The van der Waals surface area contributed by atoms with Crippen LogP contribution in [0.25, 0.3) is 0 Å². The summed E-state index contributed by atoms with van der Waals surface area (Å²) in [5.41, 5.74) is 0.119. The summed E-state index contributed by atoms with van der Waals surface area (Å²) in [4.78, 5) is 0. The topological polar surface area (TPSA) is 32.3 Å². The molecule has 0 unspecified atom stereocenters. The van der Waals surface area contributed by atoms with Gasteiger partial charge in [0.25, 0.3) is 0 Å². The van der Waals surface area contributed by atoms with E-state index in [0.717, 1.165) is 12.5 Å². The summed E-state index contributed by atoms with van der Waals surface area (Å²) in [6.45, 7) is 0. The van der Waals surface area contributed by atoms with Crippen LogP contribution in [-0.4, -0.2) is 17.3 Å². The van der Waals surface area contributed by atoms with E-state index in [1.807, 2.05) is 0 Å². The molecule has 1 aliphatic rings. The molecule has 76 valence electrons. The fraction of sp³-hybridized carbons (Fsp3) is 0.400. The first-order valence-electron chi connectivity index (χ1n) is 4.57. The van der Waals surface area contributed by atoms with Crippen LogP contribution >= 0.6 is 0 Å². The van der Waals surface area contributed by atoms with Crippen LogP contribution in [0.4, 0.5) is 14.5 Å². The standard InChI is InChI=1S/C10H11F2NO/c11-6-2-1-3-8(10(6)12)13-7-4-5-9(7)14/h1-3,7,9,13-14H,4-5H2/t7-,9-/m1/s1. The predicted octanol–water partition coefficient (Wildman–Crippen LogP) is 1.90. The van der Waals surface area contributed by atoms with Gasteiger partial charge in [0.05, 0.1) is 17.8 Å². The van der Waals surface area contributed by atoms with Gasteiger partial charge in [0.2, 0.25) is 0 Å². The number of benzene rings is 1. The number of hydrogen-bond acceptors (Lipinski definition) is 2. The van der Waals surface area contributed by atoms with E-state index >= 15 is 0 Å². The summed E-state index contributed by atoms with van der Waals surface area (Å²) >= 11 is 0. The Morgan fingerprint density at radius 1 is 1.29 bits per heavy atom. The molecule has 2 nitrogen and oxygen atoms in total. The van der Waals surface area contributed by atoms with E-state index in [0.29, 0.717) is 6.42 Å². The lowest BCUT2D eigenvalue weighted by molar-refractivity contribution is 0.0784. The van der Waals surface area contributed by atoms with Crippen molar-refractivity contribution in [2.75, 3.05) is 5.32 Å². The molecule has 0 bridgehead atoms. The van der Waals surface area contributed by atoms with Gasteiger partial charge in [-0.05, 0) is 25.0 Å². The van der Waals surface area contributed by atoms with Crippen molar-refractivity contribution in [1.29, 1.82) is 0 Å². The van der Waals surface area contributed by atoms with Gasteiger partial charge in [0, 0.05) is 0 Å². The fourth-order valence-electron chi connectivity index (χ4n) is 1.47. The van der Waals surface area contributed by atoms with Crippen LogP contribution in [0.1, 0.15) is 12.8 Å². The Morgan fingerprint density at radius 3 is 2.64 bits per heavy atom. The summed E-state index contributed by atoms with van der Waals surface area (Å²) in [7, 11) is 0. The first-order valence-corrected chi connectivity index (χ1v) is 4.57. The number of aliphatic hydroxyl groups is 1. The summed E-state index contributed by atoms with van der Waals surface area (Å²) in [5, 5.41) is 12.0. The van der Waals surface area contributed by atoms with Gasteiger partial charge >= 0.3 is 0 Å². The first-order chi connectivity index (χ1) is 6.68. The quantitative estimate of drug-likeness (QED) is 0.762. The molecule has 0 amide bonds. The maximum Gasteiger partial charge on any atom is 0.181 e. The lowest BCUT2D eigenvalue weighted by Gasteiger charge is -2.33. The lowest BCUT2D eigenvalue weighted by Crippen LogP contribution is -2.42. The average molecular weight is 199 g/mol. The first kappa shape index (κ1) is 9.40. The highest BCUT2D eigenvalue weighted by Gasteiger charge is 2.29. The molecule has 1 fully saturated rings. The Bertz CT molecular complexity index is 343. The molecule has 2 N–H and O–H groups in total. The minimum absolute atomic E-state index is 0.119. The molecule has 1 aromatic carbocycles. The molecule has 0 radical (unpaired) electrons. The third kappa shape index (κ3) is 1.57. The number of hydrogen-bond donors (Lipinski definition) is 2. The van der Waals surface area contributed by atoms with Gasteiger partial charge in [0.15, 0.2) is 11.6 Å². The summed E-state index contributed by atoms with van der Waals surface area (Å²) in [6, 6.07) is 3.82. The van der Waals surface area contributed by atoms with Crippen molar-refractivity contribution in [3.05, 3.63) is 29.8 Å². The fourth-order valence-corrected chi connectivity index (χ4v) is 1.47. The molecule has 14 heavy (non-hydrogen) atoms. The normalized spacial score (nSPS) is 25.6. The number of aliphatic hydroxyl groups excluding tert-OH is 1. The van der Waals surface area contributed by atoms with E-state index in [1.54, 1.807) is 0 Å². The van der Waals surface area contributed by atoms with E-state index < -0.39 is 17.7 Å². The molecule has 0 aromatic heterocycles. The Labute approximate surface area is 80.6 Å². The number of anilines is 1. The minimum atomic E-state index is -0.883. The van der Waals surface area contributed by atoms with E-state index in [4.69, 9.17) is 0 Å². The van der Waals surface area contributed by atoms with Crippen LogP contribution in [-0.2, 0) is 0 Å². The maximum absolute atomic E-state index is 13.1. The molecule has 4 heteroatoms. The van der Waals surface area contributed by atoms with Gasteiger partial charge in [-0.1, -0.05) is 6.07 Å². The smallest absolute Gasteiger partial charge is 0.181 e. The van der Waals surface area contributed by atoms with Crippen LogP contribution in [0.15, 0.2) is 18.2 Å². The van der Waals surface area contributed by atoms with Crippen LogP contribution in [0.2, 0.25) is 0 Å². The zero-order chi connectivity index (χ0) is 10.1. The molecule has 0 heterocycles. The summed E-state index contributed by atoms with van der Waals surface area (Å²) < 4.78 is 25.9. The molecular weight excluding hydrogens is 188 g/mol. The highest BCUT2D eigenvalue weighted by atomic mass is 19.2. The summed E-state index contributed by atoms with van der Waals surface area (Å²) in [5.74, 6) is -1.75. The molecule has 2 atom stereocenters. The van der Waals surface area contributed by atoms with Gasteiger partial charge in [-0.3, -0.25) is 0 Å². The average Bonchev–Trinajstić information content (AvgIpc) is 2.18. The third-order valence-electron chi connectivity index (χ3n) is 2.53. The van der Waals surface area contributed by atoms with E-state index in [-0.39, 0.29) is 11.7 Å². The van der Waals surface area contributed by atoms with Gasteiger partial charge in [-0.2, -0.15) is 0 Å².